The van der Waals surface area contributed by atoms with Crippen LogP contribution in [0.4, 0.5) is 0 Å². The summed E-state index contributed by atoms with van der Waals surface area (Å²) >= 11 is 1.84. The van der Waals surface area contributed by atoms with Gasteiger partial charge in [-0.3, -0.25) is 9.69 Å². The summed E-state index contributed by atoms with van der Waals surface area (Å²) in [5.74, 6) is -0.204. The molecule has 2 aliphatic rings. The molecule has 1 aromatic rings. The van der Waals surface area contributed by atoms with Gasteiger partial charge in [0.1, 0.15) is 6.04 Å². The normalized spacial score (nSPS) is 28.9. The summed E-state index contributed by atoms with van der Waals surface area (Å²) in [5, 5.41) is 5.43. The molecular formula is C13H19N3OS. The fourth-order valence-electron chi connectivity index (χ4n) is 3.16. The van der Waals surface area contributed by atoms with Gasteiger partial charge in [0, 0.05) is 30.6 Å². The fraction of sp³-hybridized carbons (Fsp3) is 0.615. The van der Waals surface area contributed by atoms with E-state index in [0.29, 0.717) is 12.6 Å². The van der Waals surface area contributed by atoms with Gasteiger partial charge < -0.3 is 11.1 Å². The molecule has 0 saturated carbocycles. The Morgan fingerprint density at radius 2 is 2.44 bits per heavy atom. The zero-order valence-electron chi connectivity index (χ0n) is 10.4. The number of fused-ring (bicyclic) bond motifs is 1. The number of amides is 1. The van der Waals surface area contributed by atoms with Crippen molar-refractivity contribution in [2.75, 3.05) is 19.6 Å². The first kappa shape index (κ1) is 12.1. The van der Waals surface area contributed by atoms with Gasteiger partial charge in [-0.2, -0.15) is 0 Å². The number of aryl methyl sites for hydroxylation is 1. The smallest absolute Gasteiger partial charge is 0.236 e. The molecule has 2 heterocycles. The Morgan fingerprint density at radius 1 is 1.56 bits per heavy atom. The first-order valence-electron chi connectivity index (χ1n) is 6.59. The average Bonchev–Trinajstić information content (AvgIpc) is 2.86. The average molecular weight is 265 g/mol. The minimum atomic E-state index is -0.204. The molecule has 2 atom stereocenters. The molecule has 1 amide bonds. The molecule has 1 fully saturated rings. The van der Waals surface area contributed by atoms with E-state index in [1.54, 1.807) is 0 Å². The number of hydrogen-bond acceptors (Lipinski definition) is 4. The van der Waals surface area contributed by atoms with Crippen LogP contribution < -0.4 is 11.1 Å². The molecule has 98 valence electrons. The van der Waals surface area contributed by atoms with Crippen molar-refractivity contribution >= 4 is 17.2 Å². The number of carbonyl (C=O) groups excluding carboxylic acids is 1. The van der Waals surface area contributed by atoms with Gasteiger partial charge in [-0.15, -0.1) is 11.3 Å². The van der Waals surface area contributed by atoms with Crippen LogP contribution >= 0.6 is 11.3 Å². The highest BCUT2D eigenvalue weighted by molar-refractivity contribution is 7.10. The van der Waals surface area contributed by atoms with Gasteiger partial charge in [-0.05, 0) is 36.3 Å². The van der Waals surface area contributed by atoms with Gasteiger partial charge in [0.15, 0.2) is 0 Å². The minimum Gasteiger partial charge on any atom is -0.368 e. The molecule has 1 aromatic heterocycles. The predicted molar refractivity (Wildman–Crippen MR) is 72.6 cm³/mol. The Morgan fingerprint density at radius 3 is 3.28 bits per heavy atom. The van der Waals surface area contributed by atoms with E-state index < -0.39 is 0 Å². The van der Waals surface area contributed by atoms with Crippen molar-refractivity contribution in [1.29, 1.82) is 0 Å². The number of rotatable bonds is 2. The molecule has 0 aromatic carbocycles. The monoisotopic (exact) mass is 265 g/mol. The second-order valence-corrected chi connectivity index (χ2v) is 6.07. The lowest BCUT2D eigenvalue weighted by molar-refractivity contribution is -0.125. The highest BCUT2D eigenvalue weighted by Gasteiger charge is 2.35. The summed E-state index contributed by atoms with van der Waals surface area (Å²) in [7, 11) is 0. The molecule has 1 saturated heterocycles. The second kappa shape index (κ2) is 4.99. The van der Waals surface area contributed by atoms with Gasteiger partial charge >= 0.3 is 0 Å². The molecule has 1 aliphatic heterocycles. The maximum atomic E-state index is 11.6. The van der Waals surface area contributed by atoms with Crippen LogP contribution in [-0.2, 0) is 11.2 Å². The molecule has 5 heteroatoms. The maximum absolute atomic E-state index is 11.6. The number of piperazine rings is 1. The molecule has 0 bridgehead atoms. The minimum absolute atomic E-state index is 0.158. The summed E-state index contributed by atoms with van der Waals surface area (Å²) in [6.07, 6.45) is 3.55. The quantitative estimate of drug-likeness (QED) is 0.835. The lowest BCUT2D eigenvalue weighted by Gasteiger charge is -2.41. The number of carbonyl (C=O) groups is 1. The highest BCUT2D eigenvalue weighted by atomic mass is 32.1. The molecule has 4 nitrogen and oxygen atoms in total. The van der Waals surface area contributed by atoms with E-state index in [2.05, 4.69) is 21.7 Å². The lowest BCUT2D eigenvalue weighted by atomic mass is 9.91. The maximum Gasteiger partial charge on any atom is 0.236 e. The molecule has 1 aliphatic carbocycles. The van der Waals surface area contributed by atoms with Crippen LogP contribution in [0, 0.1) is 0 Å². The van der Waals surface area contributed by atoms with Crippen LogP contribution in [0.1, 0.15) is 29.3 Å². The van der Waals surface area contributed by atoms with Gasteiger partial charge in [0.05, 0.1) is 0 Å². The Hall–Kier alpha value is -0.910. The number of thiophene rings is 1. The Bertz CT molecular complexity index is 445. The van der Waals surface area contributed by atoms with Crippen LogP contribution in [0.5, 0.6) is 0 Å². The topological polar surface area (TPSA) is 58.4 Å². The zero-order chi connectivity index (χ0) is 12.5. The van der Waals surface area contributed by atoms with E-state index in [-0.39, 0.29) is 11.9 Å². The Balaban J connectivity index is 1.88. The fourth-order valence-corrected chi connectivity index (χ4v) is 4.14. The second-order valence-electron chi connectivity index (χ2n) is 5.07. The van der Waals surface area contributed by atoms with Crippen molar-refractivity contribution in [2.45, 2.75) is 31.3 Å². The number of primary amides is 1. The predicted octanol–water partition coefficient (Wildman–Crippen LogP) is 0.885. The standard InChI is InChI=1S/C13H19N3OS/c14-13(17)11-8-15-5-6-16(11)10-2-1-3-12-9(10)4-7-18-12/h4,7,10-11,15H,1-3,5-6,8H2,(H2,14,17). The largest absolute Gasteiger partial charge is 0.368 e. The summed E-state index contributed by atoms with van der Waals surface area (Å²) < 4.78 is 0. The van der Waals surface area contributed by atoms with Crippen LogP contribution in [0.2, 0.25) is 0 Å². The van der Waals surface area contributed by atoms with E-state index >= 15 is 0 Å². The molecular weight excluding hydrogens is 246 g/mol. The zero-order valence-corrected chi connectivity index (χ0v) is 11.2. The van der Waals surface area contributed by atoms with Crippen molar-refractivity contribution < 1.29 is 4.79 Å². The van der Waals surface area contributed by atoms with Crippen LogP contribution in [-0.4, -0.2) is 36.5 Å². The molecule has 0 radical (unpaired) electrons. The van der Waals surface area contributed by atoms with Crippen molar-refractivity contribution in [2.24, 2.45) is 5.73 Å². The first-order valence-corrected chi connectivity index (χ1v) is 7.47. The lowest BCUT2D eigenvalue weighted by Crippen LogP contribution is -2.57. The molecule has 3 N–H and O–H groups in total. The number of hydrogen-bond donors (Lipinski definition) is 2. The van der Waals surface area contributed by atoms with Gasteiger partial charge in [0.25, 0.3) is 0 Å². The van der Waals surface area contributed by atoms with Gasteiger partial charge in [0.2, 0.25) is 5.91 Å². The number of nitrogens with two attached hydrogens (primary N) is 1. The molecule has 0 spiro atoms. The summed E-state index contributed by atoms with van der Waals surface area (Å²) in [5.41, 5.74) is 6.97. The van der Waals surface area contributed by atoms with E-state index in [4.69, 9.17) is 5.73 Å². The van der Waals surface area contributed by atoms with Crippen LogP contribution in [0.3, 0.4) is 0 Å². The SMILES string of the molecule is NC(=O)C1CNCCN1C1CCCc2sccc21. The van der Waals surface area contributed by atoms with Crippen LogP contribution in [0.25, 0.3) is 0 Å². The number of nitrogens with one attached hydrogen (secondary N) is 1. The number of nitrogens with zero attached hydrogens (tertiary/aromatic N) is 1. The van der Waals surface area contributed by atoms with E-state index in [1.165, 1.54) is 23.3 Å². The third-order valence-electron chi connectivity index (χ3n) is 4.03. The summed E-state index contributed by atoms with van der Waals surface area (Å²) in [6.45, 7) is 2.54. The first-order chi connectivity index (χ1) is 8.77. The van der Waals surface area contributed by atoms with Gasteiger partial charge in [-0.1, -0.05) is 0 Å². The van der Waals surface area contributed by atoms with E-state index in [1.807, 2.05) is 11.3 Å². The van der Waals surface area contributed by atoms with Gasteiger partial charge in [-0.25, -0.2) is 0 Å². The van der Waals surface area contributed by atoms with Crippen molar-refractivity contribution in [3.8, 4) is 0 Å². The summed E-state index contributed by atoms with van der Waals surface area (Å²) in [6, 6.07) is 2.46. The summed E-state index contributed by atoms with van der Waals surface area (Å²) in [4.78, 5) is 15.4. The van der Waals surface area contributed by atoms with Crippen LogP contribution in [0.15, 0.2) is 11.4 Å². The van der Waals surface area contributed by atoms with Crippen molar-refractivity contribution in [3.05, 3.63) is 21.9 Å². The van der Waals surface area contributed by atoms with E-state index in [9.17, 15) is 4.79 Å². The third kappa shape index (κ3) is 2.06. The van der Waals surface area contributed by atoms with Crippen molar-refractivity contribution in [1.82, 2.24) is 10.2 Å². The Kier molecular flexibility index (Phi) is 3.37. The van der Waals surface area contributed by atoms with E-state index in [0.717, 1.165) is 19.5 Å². The Labute approximate surface area is 111 Å². The molecule has 2 unspecified atom stereocenters. The molecule has 18 heavy (non-hydrogen) atoms. The third-order valence-corrected chi connectivity index (χ3v) is 5.03. The highest BCUT2D eigenvalue weighted by Crippen LogP contribution is 2.38. The molecule has 3 rings (SSSR count). The van der Waals surface area contributed by atoms with Crippen molar-refractivity contribution in [3.63, 3.8) is 0 Å².